The average molecular weight is 261 g/mol. The summed E-state index contributed by atoms with van der Waals surface area (Å²) in [6, 6.07) is 6.92. The number of hydrogen-bond donors (Lipinski definition) is 1. The normalized spacial score (nSPS) is 27.3. The van der Waals surface area contributed by atoms with E-state index in [1.165, 1.54) is 24.0 Å². The molecule has 2 nitrogen and oxygen atoms in total. The van der Waals surface area contributed by atoms with E-state index < -0.39 is 0 Å². The van der Waals surface area contributed by atoms with Crippen LogP contribution in [0, 0.1) is 19.8 Å². The van der Waals surface area contributed by atoms with Gasteiger partial charge in [-0.15, -0.1) is 0 Å². The predicted molar refractivity (Wildman–Crippen MR) is 80.8 cm³/mol. The van der Waals surface area contributed by atoms with Crippen molar-refractivity contribution < 1.29 is 4.74 Å². The summed E-state index contributed by atoms with van der Waals surface area (Å²) in [5.41, 5.74) is 2.63. The Morgan fingerprint density at radius 1 is 1.21 bits per heavy atom. The van der Waals surface area contributed by atoms with Gasteiger partial charge in [0, 0.05) is 6.04 Å². The van der Waals surface area contributed by atoms with E-state index in [-0.39, 0.29) is 0 Å². The smallest absolute Gasteiger partial charge is 0.120 e. The zero-order valence-electron chi connectivity index (χ0n) is 12.7. The molecule has 2 rings (SSSR count). The van der Waals surface area contributed by atoms with Crippen molar-refractivity contribution in [2.75, 3.05) is 6.54 Å². The third-order valence-electron chi connectivity index (χ3n) is 4.29. The summed E-state index contributed by atoms with van der Waals surface area (Å²) in [4.78, 5) is 0. The number of ether oxygens (including phenoxy) is 1. The minimum Gasteiger partial charge on any atom is -0.489 e. The van der Waals surface area contributed by atoms with Gasteiger partial charge >= 0.3 is 0 Å². The van der Waals surface area contributed by atoms with Gasteiger partial charge < -0.3 is 10.1 Å². The van der Waals surface area contributed by atoms with Crippen molar-refractivity contribution in [2.45, 2.75) is 59.1 Å². The number of aryl methyl sites for hydroxylation is 2. The van der Waals surface area contributed by atoms with Crippen molar-refractivity contribution in [2.24, 2.45) is 5.92 Å². The molecule has 1 aromatic carbocycles. The molecular formula is C17H27NO. The van der Waals surface area contributed by atoms with Crippen molar-refractivity contribution in [3.05, 3.63) is 29.3 Å². The molecule has 0 saturated heterocycles. The molecule has 0 spiro atoms. The molecule has 2 heteroatoms. The molecule has 3 unspecified atom stereocenters. The molecule has 1 aromatic rings. The Morgan fingerprint density at radius 2 is 2.00 bits per heavy atom. The van der Waals surface area contributed by atoms with Gasteiger partial charge in [-0.05, 0) is 68.8 Å². The molecule has 0 amide bonds. The van der Waals surface area contributed by atoms with Crippen molar-refractivity contribution in [1.29, 1.82) is 0 Å². The summed E-state index contributed by atoms with van der Waals surface area (Å²) in [5.74, 6) is 1.79. The Labute approximate surface area is 117 Å². The highest BCUT2D eigenvalue weighted by atomic mass is 16.5. The maximum absolute atomic E-state index is 6.26. The minimum absolute atomic E-state index is 0.311. The van der Waals surface area contributed by atoms with Crippen LogP contribution < -0.4 is 10.1 Å². The highest BCUT2D eigenvalue weighted by Crippen LogP contribution is 2.28. The molecule has 1 fully saturated rings. The van der Waals surface area contributed by atoms with Crippen LogP contribution in [-0.2, 0) is 0 Å². The average Bonchev–Trinajstić information content (AvgIpc) is 2.37. The number of nitrogens with one attached hydrogen (secondary N) is 1. The largest absolute Gasteiger partial charge is 0.489 e. The molecule has 0 bridgehead atoms. The molecule has 1 aliphatic carbocycles. The fourth-order valence-corrected chi connectivity index (χ4v) is 2.92. The van der Waals surface area contributed by atoms with Crippen LogP contribution in [0.3, 0.4) is 0 Å². The molecule has 0 aromatic heterocycles. The third-order valence-corrected chi connectivity index (χ3v) is 4.29. The SMILES string of the molecule is CCNC1CCC(C)CC1Oc1ccc(C)c(C)c1. The van der Waals surface area contributed by atoms with Gasteiger partial charge in [0.15, 0.2) is 0 Å². The van der Waals surface area contributed by atoms with Crippen LogP contribution in [-0.4, -0.2) is 18.7 Å². The second-order valence-corrected chi connectivity index (χ2v) is 5.98. The minimum atomic E-state index is 0.311. The van der Waals surface area contributed by atoms with Gasteiger partial charge in [-0.3, -0.25) is 0 Å². The van der Waals surface area contributed by atoms with E-state index in [0.717, 1.165) is 24.6 Å². The number of benzene rings is 1. The summed E-state index contributed by atoms with van der Waals surface area (Å²) in [6.07, 6.45) is 4.00. The summed E-state index contributed by atoms with van der Waals surface area (Å²) in [5, 5.41) is 3.58. The number of rotatable bonds is 4. The lowest BCUT2D eigenvalue weighted by atomic mass is 9.85. The lowest BCUT2D eigenvalue weighted by Gasteiger charge is -2.35. The van der Waals surface area contributed by atoms with Crippen LogP contribution in [0.2, 0.25) is 0 Å². The van der Waals surface area contributed by atoms with E-state index >= 15 is 0 Å². The summed E-state index contributed by atoms with van der Waals surface area (Å²) < 4.78 is 6.26. The topological polar surface area (TPSA) is 21.3 Å². The lowest BCUT2D eigenvalue weighted by Crippen LogP contribution is -2.46. The first-order valence-electron chi connectivity index (χ1n) is 7.57. The summed E-state index contributed by atoms with van der Waals surface area (Å²) in [6.45, 7) is 9.81. The molecule has 3 atom stereocenters. The number of likely N-dealkylation sites (N-methyl/N-ethyl adjacent to an activating group) is 1. The van der Waals surface area contributed by atoms with Gasteiger partial charge in [-0.1, -0.05) is 19.9 Å². The summed E-state index contributed by atoms with van der Waals surface area (Å²) in [7, 11) is 0. The maximum atomic E-state index is 6.26. The first-order valence-corrected chi connectivity index (χ1v) is 7.57. The quantitative estimate of drug-likeness (QED) is 0.889. The lowest BCUT2D eigenvalue weighted by molar-refractivity contribution is 0.0916. The van der Waals surface area contributed by atoms with E-state index in [0.29, 0.717) is 12.1 Å². The van der Waals surface area contributed by atoms with Crippen LogP contribution >= 0.6 is 0 Å². The Kier molecular flexibility index (Phi) is 4.87. The van der Waals surface area contributed by atoms with Crippen molar-refractivity contribution in [3.8, 4) is 5.75 Å². The van der Waals surface area contributed by atoms with E-state index in [1.807, 2.05) is 0 Å². The third kappa shape index (κ3) is 3.73. The van der Waals surface area contributed by atoms with Crippen LogP contribution in [0.5, 0.6) is 5.75 Å². The van der Waals surface area contributed by atoms with Crippen LogP contribution in [0.1, 0.15) is 44.2 Å². The predicted octanol–water partition coefficient (Wildman–Crippen LogP) is 3.85. The van der Waals surface area contributed by atoms with Gasteiger partial charge in [-0.2, -0.15) is 0 Å². The monoisotopic (exact) mass is 261 g/mol. The van der Waals surface area contributed by atoms with Crippen LogP contribution in [0.4, 0.5) is 0 Å². The molecule has 0 aliphatic heterocycles. The first kappa shape index (κ1) is 14.4. The maximum Gasteiger partial charge on any atom is 0.120 e. The molecule has 0 heterocycles. The van der Waals surface area contributed by atoms with Crippen LogP contribution in [0.15, 0.2) is 18.2 Å². The standard InChI is InChI=1S/C17H27NO/c1-5-18-16-9-6-12(2)10-17(16)19-15-8-7-13(3)14(4)11-15/h7-8,11-12,16-18H,5-6,9-10H2,1-4H3. The van der Waals surface area contributed by atoms with Crippen molar-refractivity contribution >= 4 is 0 Å². The van der Waals surface area contributed by atoms with E-state index in [1.54, 1.807) is 0 Å². The molecule has 1 N–H and O–H groups in total. The zero-order chi connectivity index (χ0) is 13.8. The van der Waals surface area contributed by atoms with E-state index in [2.05, 4.69) is 51.2 Å². The van der Waals surface area contributed by atoms with Gasteiger partial charge in [0.05, 0.1) is 0 Å². The van der Waals surface area contributed by atoms with E-state index in [9.17, 15) is 0 Å². The second-order valence-electron chi connectivity index (χ2n) is 5.98. The van der Waals surface area contributed by atoms with Crippen molar-refractivity contribution in [1.82, 2.24) is 5.32 Å². The Hall–Kier alpha value is -1.02. The molecule has 0 radical (unpaired) electrons. The highest BCUT2D eigenvalue weighted by molar-refractivity contribution is 5.34. The molecule has 19 heavy (non-hydrogen) atoms. The summed E-state index contributed by atoms with van der Waals surface area (Å²) >= 11 is 0. The molecule has 106 valence electrons. The van der Waals surface area contributed by atoms with Gasteiger partial charge in [0.1, 0.15) is 11.9 Å². The zero-order valence-corrected chi connectivity index (χ0v) is 12.7. The van der Waals surface area contributed by atoms with Crippen molar-refractivity contribution in [3.63, 3.8) is 0 Å². The van der Waals surface area contributed by atoms with E-state index in [4.69, 9.17) is 4.74 Å². The fourth-order valence-electron chi connectivity index (χ4n) is 2.92. The fraction of sp³-hybridized carbons (Fsp3) is 0.647. The van der Waals surface area contributed by atoms with Gasteiger partial charge in [-0.25, -0.2) is 0 Å². The Balaban J connectivity index is 2.07. The number of hydrogen-bond acceptors (Lipinski definition) is 2. The molecular weight excluding hydrogens is 234 g/mol. The second kappa shape index (κ2) is 6.42. The Morgan fingerprint density at radius 3 is 2.68 bits per heavy atom. The first-order chi connectivity index (χ1) is 9.10. The van der Waals surface area contributed by atoms with Gasteiger partial charge in [0.25, 0.3) is 0 Å². The Bertz CT molecular complexity index is 416. The highest BCUT2D eigenvalue weighted by Gasteiger charge is 2.29. The molecule has 1 saturated carbocycles. The molecule has 1 aliphatic rings. The van der Waals surface area contributed by atoms with Crippen LogP contribution in [0.25, 0.3) is 0 Å². The van der Waals surface area contributed by atoms with Gasteiger partial charge in [0.2, 0.25) is 0 Å².